The van der Waals surface area contributed by atoms with Crippen molar-refractivity contribution >= 4 is 22.7 Å². The SMILES string of the molecule is CCN(CCCCc1ccc(-c2ccc(N(c3ccccc3)c3c(C)cc(C)cc3C)cc2)cc1)c1ccccc1. The van der Waals surface area contributed by atoms with Gasteiger partial charge in [0.15, 0.2) is 0 Å². The van der Waals surface area contributed by atoms with Crippen LogP contribution in [0.15, 0.2) is 121 Å². The number of aryl methyl sites for hydroxylation is 4. The molecule has 0 N–H and O–H groups in total. The molecule has 0 aliphatic heterocycles. The molecule has 41 heavy (non-hydrogen) atoms. The van der Waals surface area contributed by atoms with Crippen molar-refractivity contribution < 1.29 is 0 Å². The van der Waals surface area contributed by atoms with Gasteiger partial charge in [0.25, 0.3) is 0 Å². The van der Waals surface area contributed by atoms with Crippen molar-refractivity contribution in [2.45, 2.75) is 47.0 Å². The van der Waals surface area contributed by atoms with E-state index < -0.39 is 0 Å². The Balaban J connectivity index is 1.27. The lowest BCUT2D eigenvalue weighted by Gasteiger charge is -2.29. The van der Waals surface area contributed by atoms with Gasteiger partial charge in [-0.3, -0.25) is 0 Å². The first-order valence-corrected chi connectivity index (χ1v) is 15.0. The Kier molecular flexibility index (Phi) is 9.21. The van der Waals surface area contributed by atoms with Crippen molar-refractivity contribution in [3.63, 3.8) is 0 Å². The molecule has 0 radical (unpaired) electrons. The summed E-state index contributed by atoms with van der Waals surface area (Å²) < 4.78 is 0. The molecule has 0 unspecified atom stereocenters. The average molecular weight is 539 g/mol. The van der Waals surface area contributed by atoms with E-state index in [1.807, 2.05) is 0 Å². The smallest absolute Gasteiger partial charge is 0.0520 e. The van der Waals surface area contributed by atoms with Crippen molar-refractivity contribution in [2.75, 3.05) is 22.9 Å². The van der Waals surface area contributed by atoms with Gasteiger partial charge < -0.3 is 9.80 Å². The van der Waals surface area contributed by atoms with E-state index in [-0.39, 0.29) is 0 Å². The number of anilines is 4. The predicted octanol–water partition coefficient (Wildman–Crippen LogP) is 10.6. The average Bonchev–Trinajstić information content (AvgIpc) is 3.00. The Bertz CT molecular complexity index is 1500. The molecule has 0 bridgehead atoms. The molecular weight excluding hydrogens is 496 g/mol. The summed E-state index contributed by atoms with van der Waals surface area (Å²) in [5, 5.41) is 0. The Labute approximate surface area is 246 Å². The highest BCUT2D eigenvalue weighted by Crippen LogP contribution is 2.39. The summed E-state index contributed by atoms with van der Waals surface area (Å²) in [5.74, 6) is 0. The van der Waals surface area contributed by atoms with Crippen molar-refractivity contribution in [2.24, 2.45) is 0 Å². The summed E-state index contributed by atoms with van der Waals surface area (Å²) in [6.45, 7) is 11.0. The molecular formula is C39H42N2. The van der Waals surface area contributed by atoms with Gasteiger partial charge in [-0.1, -0.05) is 90.5 Å². The van der Waals surface area contributed by atoms with Gasteiger partial charge in [-0.05, 0) is 111 Å². The van der Waals surface area contributed by atoms with Crippen LogP contribution in [0.25, 0.3) is 11.1 Å². The lowest BCUT2D eigenvalue weighted by molar-refractivity contribution is 0.696. The number of unbranched alkanes of at least 4 members (excludes halogenated alkanes) is 1. The molecule has 0 aliphatic rings. The molecule has 0 fully saturated rings. The minimum atomic E-state index is 1.05. The number of hydrogen-bond acceptors (Lipinski definition) is 2. The fourth-order valence-corrected chi connectivity index (χ4v) is 5.92. The number of benzene rings is 5. The third kappa shape index (κ3) is 6.89. The van der Waals surface area contributed by atoms with E-state index in [0.717, 1.165) is 19.5 Å². The van der Waals surface area contributed by atoms with E-state index in [0.29, 0.717) is 0 Å². The topological polar surface area (TPSA) is 6.48 Å². The molecule has 2 heteroatoms. The highest BCUT2D eigenvalue weighted by Gasteiger charge is 2.17. The summed E-state index contributed by atoms with van der Waals surface area (Å²) in [6.07, 6.45) is 3.52. The van der Waals surface area contributed by atoms with Gasteiger partial charge >= 0.3 is 0 Å². The second-order valence-electron chi connectivity index (χ2n) is 11.0. The van der Waals surface area contributed by atoms with Crippen molar-refractivity contribution in [3.05, 3.63) is 144 Å². The molecule has 2 nitrogen and oxygen atoms in total. The minimum absolute atomic E-state index is 1.05. The largest absolute Gasteiger partial charge is 0.372 e. The molecule has 0 aromatic heterocycles. The molecule has 0 aliphatic carbocycles. The van der Waals surface area contributed by atoms with Gasteiger partial charge in [0.1, 0.15) is 0 Å². The van der Waals surface area contributed by atoms with Crippen molar-refractivity contribution in [3.8, 4) is 11.1 Å². The van der Waals surface area contributed by atoms with Gasteiger partial charge in [0.05, 0.1) is 5.69 Å². The second-order valence-corrected chi connectivity index (χ2v) is 11.0. The normalized spacial score (nSPS) is 10.9. The molecule has 5 rings (SSSR count). The van der Waals surface area contributed by atoms with Crippen LogP contribution in [0.1, 0.15) is 42.0 Å². The summed E-state index contributed by atoms with van der Waals surface area (Å²) in [6, 6.07) is 44.1. The third-order valence-corrected chi connectivity index (χ3v) is 7.93. The molecule has 0 saturated heterocycles. The maximum atomic E-state index is 2.47. The molecule has 0 saturated carbocycles. The van der Waals surface area contributed by atoms with Crippen molar-refractivity contribution in [1.29, 1.82) is 0 Å². The fraction of sp³-hybridized carbons (Fsp3) is 0.231. The third-order valence-electron chi connectivity index (χ3n) is 7.93. The van der Waals surface area contributed by atoms with E-state index in [4.69, 9.17) is 0 Å². The van der Waals surface area contributed by atoms with Crippen LogP contribution in [0.2, 0.25) is 0 Å². The van der Waals surface area contributed by atoms with Crippen LogP contribution < -0.4 is 9.80 Å². The van der Waals surface area contributed by atoms with Crippen LogP contribution in [0.4, 0.5) is 22.7 Å². The Hall–Kier alpha value is -4.30. The fourth-order valence-electron chi connectivity index (χ4n) is 5.92. The number of nitrogens with zero attached hydrogens (tertiary/aromatic N) is 2. The molecule has 0 atom stereocenters. The second kappa shape index (κ2) is 13.4. The summed E-state index contributed by atoms with van der Waals surface area (Å²) in [4.78, 5) is 4.85. The van der Waals surface area contributed by atoms with E-state index in [2.05, 4.69) is 159 Å². The van der Waals surface area contributed by atoms with Gasteiger partial charge in [0, 0.05) is 30.2 Å². The minimum Gasteiger partial charge on any atom is -0.372 e. The lowest BCUT2D eigenvalue weighted by Crippen LogP contribution is -2.23. The van der Waals surface area contributed by atoms with Crippen LogP contribution in [0.3, 0.4) is 0 Å². The van der Waals surface area contributed by atoms with Crippen LogP contribution in [-0.2, 0) is 6.42 Å². The Morgan fingerprint density at radius 2 is 1.05 bits per heavy atom. The Morgan fingerprint density at radius 3 is 1.61 bits per heavy atom. The zero-order chi connectivity index (χ0) is 28.6. The quantitative estimate of drug-likeness (QED) is 0.154. The van der Waals surface area contributed by atoms with E-state index in [1.54, 1.807) is 0 Å². The lowest BCUT2D eigenvalue weighted by atomic mass is 10.00. The summed E-state index contributed by atoms with van der Waals surface area (Å²) in [5.41, 5.74) is 12.7. The first kappa shape index (κ1) is 28.2. The van der Waals surface area contributed by atoms with Crippen LogP contribution >= 0.6 is 0 Å². The first-order chi connectivity index (χ1) is 20.0. The highest BCUT2D eigenvalue weighted by molar-refractivity contribution is 5.81. The zero-order valence-electron chi connectivity index (χ0n) is 25.0. The summed E-state index contributed by atoms with van der Waals surface area (Å²) in [7, 11) is 0. The van der Waals surface area contributed by atoms with Gasteiger partial charge in [0.2, 0.25) is 0 Å². The highest BCUT2D eigenvalue weighted by atomic mass is 15.1. The van der Waals surface area contributed by atoms with Gasteiger partial charge in [-0.15, -0.1) is 0 Å². The zero-order valence-corrected chi connectivity index (χ0v) is 25.0. The van der Waals surface area contributed by atoms with Crippen LogP contribution in [0.5, 0.6) is 0 Å². The maximum absolute atomic E-state index is 2.47. The predicted molar refractivity (Wildman–Crippen MR) is 178 cm³/mol. The first-order valence-electron chi connectivity index (χ1n) is 15.0. The molecule has 0 heterocycles. The molecule has 5 aromatic carbocycles. The Morgan fingerprint density at radius 1 is 0.537 bits per heavy atom. The molecule has 0 amide bonds. The maximum Gasteiger partial charge on any atom is 0.0520 e. The monoisotopic (exact) mass is 538 g/mol. The standard InChI is InChI=1S/C39H42N2/c1-5-40(36-15-8-6-9-16-36)27-13-12-14-33-19-21-34(22-20-33)35-23-25-38(26-24-35)41(37-17-10-7-11-18-37)39-31(3)28-30(2)29-32(39)4/h6-11,15-26,28-29H,5,12-14,27H2,1-4H3. The number of rotatable bonds is 11. The molecule has 208 valence electrons. The van der Waals surface area contributed by atoms with Gasteiger partial charge in [-0.2, -0.15) is 0 Å². The van der Waals surface area contributed by atoms with E-state index in [1.165, 1.54) is 69.0 Å². The summed E-state index contributed by atoms with van der Waals surface area (Å²) >= 11 is 0. The van der Waals surface area contributed by atoms with E-state index >= 15 is 0 Å². The number of hydrogen-bond donors (Lipinski definition) is 0. The van der Waals surface area contributed by atoms with Crippen molar-refractivity contribution in [1.82, 2.24) is 0 Å². The van der Waals surface area contributed by atoms with E-state index in [9.17, 15) is 0 Å². The molecule has 5 aromatic rings. The van der Waals surface area contributed by atoms with Crippen LogP contribution in [-0.4, -0.2) is 13.1 Å². The molecule has 0 spiro atoms. The van der Waals surface area contributed by atoms with Crippen LogP contribution in [0, 0.1) is 20.8 Å². The number of para-hydroxylation sites is 2. The van der Waals surface area contributed by atoms with Gasteiger partial charge in [-0.25, -0.2) is 0 Å².